The van der Waals surface area contributed by atoms with Crippen LogP contribution in [0.1, 0.15) is 5.56 Å². The van der Waals surface area contributed by atoms with Gasteiger partial charge in [0.05, 0.1) is 16.2 Å². The summed E-state index contributed by atoms with van der Waals surface area (Å²) in [6.07, 6.45) is 3.04. The van der Waals surface area contributed by atoms with Crippen molar-refractivity contribution >= 4 is 27.5 Å². The maximum Gasteiger partial charge on any atom is 0.163 e. The van der Waals surface area contributed by atoms with E-state index >= 15 is 0 Å². The average Bonchev–Trinajstić information content (AvgIpc) is 2.33. The number of rotatable bonds is 2. The third-order valence-electron chi connectivity index (χ3n) is 2.02. The monoisotopic (exact) mass is 308 g/mol. The topological polar surface area (TPSA) is 45.9 Å². The fourth-order valence-electron chi connectivity index (χ4n) is 1.23. The average molecular weight is 310 g/mol. The van der Waals surface area contributed by atoms with Crippen LogP contribution in [0.15, 0.2) is 41.1 Å². The first-order chi connectivity index (χ1) is 8.20. The molecule has 1 heterocycles. The number of nitriles is 1. The lowest BCUT2D eigenvalue weighted by Gasteiger charge is -2.08. The summed E-state index contributed by atoms with van der Waals surface area (Å²) in [4.78, 5) is 3.92. The molecule has 0 N–H and O–H groups in total. The van der Waals surface area contributed by atoms with Crippen molar-refractivity contribution in [1.82, 2.24) is 4.98 Å². The highest BCUT2D eigenvalue weighted by Gasteiger charge is 2.07. The number of ether oxygens (including phenoxy) is 1. The SMILES string of the molecule is N#Cc1ccncc1Oc1ccc(Cl)cc1Br. The zero-order chi connectivity index (χ0) is 12.3. The Morgan fingerprint density at radius 2 is 2.12 bits per heavy atom. The molecule has 3 nitrogen and oxygen atoms in total. The molecular weight excluding hydrogens is 304 g/mol. The van der Waals surface area contributed by atoms with Crippen molar-refractivity contribution in [2.45, 2.75) is 0 Å². The summed E-state index contributed by atoms with van der Waals surface area (Å²) >= 11 is 9.17. The molecule has 0 unspecified atom stereocenters. The molecule has 1 aromatic heterocycles. The lowest BCUT2D eigenvalue weighted by atomic mass is 10.3. The third kappa shape index (κ3) is 2.76. The van der Waals surface area contributed by atoms with E-state index in [0.717, 1.165) is 4.47 Å². The highest BCUT2D eigenvalue weighted by molar-refractivity contribution is 9.10. The van der Waals surface area contributed by atoms with Gasteiger partial charge in [-0.3, -0.25) is 4.98 Å². The molecule has 1 aromatic carbocycles. The van der Waals surface area contributed by atoms with Gasteiger partial charge in [-0.15, -0.1) is 0 Å². The van der Waals surface area contributed by atoms with Gasteiger partial charge in [-0.25, -0.2) is 0 Å². The van der Waals surface area contributed by atoms with Crippen LogP contribution in [0.25, 0.3) is 0 Å². The predicted octanol–water partition coefficient (Wildman–Crippen LogP) is 4.16. The number of pyridine rings is 1. The molecule has 17 heavy (non-hydrogen) atoms. The standard InChI is InChI=1S/C12H6BrClN2O/c13-10-5-9(14)1-2-11(10)17-12-7-16-4-3-8(12)6-15/h1-5,7H. The van der Waals surface area contributed by atoms with Crippen LogP contribution in [0.2, 0.25) is 5.02 Å². The summed E-state index contributed by atoms with van der Waals surface area (Å²) in [5.74, 6) is 0.997. The van der Waals surface area contributed by atoms with Gasteiger partial charge in [0.2, 0.25) is 0 Å². The largest absolute Gasteiger partial charge is 0.453 e. The highest BCUT2D eigenvalue weighted by atomic mass is 79.9. The maximum atomic E-state index is 8.92. The molecule has 0 aliphatic carbocycles. The second-order valence-electron chi connectivity index (χ2n) is 3.16. The molecule has 0 saturated carbocycles. The molecule has 84 valence electrons. The van der Waals surface area contributed by atoms with Crippen LogP contribution >= 0.6 is 27.5 Å². The van der Waals surface area contributed by atoms with Crippen molar-refractivity contribution < 1.29 is 4.74 Å². The second-order valence-corrected chi connectivity index (χ2v) is 4.45. The van der Waals surface area contributed by atoms with Crippen molar-refractivity contribution in [3.63, 3.8) is 0 Å². The number of hydrogen-bond acceptors (Lipinski definition) is 3. The lowest BCUT2D eigenvalue weighted by Crippen LogP contribution is -1.90. The van der Waals surface area contributed by atoms with E-state index in [1.807, 2.05) is 6.07 Å². The Bertz CT molecular complexity index is 595. The number of aromatic nitrogens is 1. The minimum Gasteiger partial charge on any atom is -0.453 e. The zero-order valence-electron chi connectivity index (χ0n) is 8.52. The Morgan fingerprint density at radius 1 is 1.29 bits per heavy atom. The number of halogens is 2. The van der Waals surface area contributed by atoms with E-state index in [4.69, 9.17) is 21.6 Å². The summed E-state index contributed by atoms with van der Waals surface area (Å²) in [5, 5.41) is 9.53. The fourth-order valence-corrected chi connectivity index (χ4v) is 1.99. The van der Waals surface area contributed by atoms with Gasteiger partial charge in [0.1, 0.15) is 11.8 Å². The van der Waals surface area contributed by atoms with Crippen LogP contribution in [0.4, 0.5) is 0 Å². The van der Waals surface area contributed by atoms with Crippen molar-refractivity contribution in [3.8, 4) is 17.6 Å². The predicted molar refractivity (Wildman–Crippen MR) is 68.2 cm³/mol. The molecule has 0 amide bonds. The lowest BCUT2D eigenvalue weighted by molar-refractivity contribution is 0.475. The van der Waals surface area contributed by atoms with Gasteiger partial charge < -0.3 is 4.74 Å². The fraction of sp³-hybridized carbons (Fsp3) is 0. The summed E-state index contributed by atoms with van der Waals surface area (Å²) in [7, 11) is 0. The molecule has 0 saturated heterocycles. The van der Waals surface area contributed by atoms with Crippen LogP contribution < -0.4 is 4.74 Å². The first-order valence-corrected chi connectivity index (χ1v) is 5.85. The highest BCUT2D eigenvalue weighted by Crippen LogP contribution is 2.32. The molecule has 2 aromatic rings. The van der Waals surface area contributed by atoms with Crippen molar-refractivity contribution in [3.05, 3.63) is 51.7 Å². The first kappa shape index (κ1) is 11.9. The number of nitrogens with zero attached hydrogens (tertiary/aromatic N) is 2. The van der Waals surface area contributed by atoms with Gasteiger partial charge in [0.15, 0.2) is 5.75 Å². The van der Waals surface area contributed by atoms with Gasteiger partial charge >= 0.3 is 0 Å². The van der Waals surface area contributed by atoms with E-state index in [0.29, 0.717) is 22.1 Å². The quantitative estimate of drug-likeness (QED) is 0.836. The van der Waals surface area contributed by atoms with Crippen LogP contribution in [-0.2, 0) is 0 Å². The van der Waals surface area contributed by atoms with Gasteiger partial charge in [-0.1, -0.05) is 11.6 Å². The number of hydrogen-bond donors (Lipinski definition) is 0. The second kappa shape index (κ2) is 5.17. The Labute approximate surface area is 112 Å². The first-order valence-electron chi connectivity index (χ1n) is 4.67. The van der Waals surface area contributed by atoms with E-state index in [1.165, 1.54) is 6.20 Å². The molecule has 0 atom stereocenters. The maximum absolute atomic E-state index is 8.92. The smallest absolute Gasteiger partial charge is 0.163 e. The molecule has 0 bridgehead atoms. The van der Waals surface area contributed by atoms with Crippen LogP contribution in [0, 0.1) is 11.3 Å². The van der Waals surface area contributed by atoms with E-state index in [-0.39, 0.29) is 0 Å². The van der Waals surface area contributed by atoms with E-state index in [9.17, 15) is 0 Å². The van der Waals surface area contributed by atoms with Crippen molar-refractivity contribution in [2.75, 3.05) is 0 Å². The van der Waals surface area contributed by atoms with Gasteiger partial charge in [-0.05, 0) is 40.2 Å². The van der Waals surface area contributed by atoms with Crippen molar-refractivity contribution in [1.29, 1.82) is 5.26 Å². The van der Waals surface area contributed by atoms with Gasteiger partial charge in [-0.2, -0.15) is 5.26 Å². The van der Waals surface area contributed by atoms with Crippen LogP contribution in [0.5, 0.6) is 11.5 Å². The summed E-state index contributed by atoms with van der Waals surface area (Å²) in [6, 6.07) is 8.79. The molecule has 0 fully saturated rings. The van der Waals surface area contributed by atoms with Crippen LogP contribution in [0.3, 0.4) is 0 Å². The third-order valence-corrected chi connectivity index (χ3v) is 2.87. The zero-order valence-corrected chi connectivity index (χ0v) is 10.9. The minimum atomic E-state index is 0.415. The van der Waals surface area contributed by atoms with Gasteiger partial charge in [0, 0.05) is 11.2 Å². The Hall–Kier alpha value is -1.57. The molecular formula is C12H6BrClN2O. The minimum absolute atomic E-state index is 0.415. The molecule has 0 radical (unpaired) electrons. The molecule has 5 heteroatoms. The van der Waals surface area contributed by atoms with E-state index in [2.05, 4.69) is 20.9 Å². The molecule has 0 aliphatic heterocycles. The summed E-state index contributed by atoms with van der Waals surface area (Å²) < 4.78 is 6.32. The molecule has 0 aliphatic rings. The number of benzene rings is 1. The Balaban J connectivity index is 2.35. The van der Waals surface area contributed by atoms with Crippen LogP contribution in [-0.4, -0.2) is 4.98 Å². The summed E-state index contributed by atoms with van der Waals surface area (Å²) in [5.41, 5.74) is 0.432. The van der Waals surface area contributed by atoms with E-state index in [1.54, 1.807) is 30.5 Å². The molecule has 0 spiro atoms. The van der Waals surface area contributed by atoms with E-state index < -0.39 is 0 Å². The summed E-state index contributed by atoms with van der Waals surface area (Å²) in [6.45, 7) is 0. The Morgan fingerprint density at radius 3 is 2.82 bits per heavy atom. The van der Waals surface area contributed by atoms with Crippen molar-refractivity contribution in [2.24, 2.45) is 0 Å². The normalized spacial score (nSPS) is 9.71. The Kier molecular flexibility index (Phi) is 3.62. The molecule has 2 rings (SSSR count). The van der Waals surface area contributed by atoms with Gasteiger partial charge in [0.25, 0.3) is 0 Å².